The topological polar surface area (TPSA) is 71.0 Å². The molecule has 166 valence electrons. The quantitative estimate of drug-likeness (QED) is 0.728. The van der Waals surface area contributed by atoms with Crippen molar-refractivity contribution in [1.29, 1.82) is 0 Å². The van der Waals surface area contributed by atoms with Crippen molar-refractivity contribution in [2.75, 3.05) is 25.0 Å². The number of nitrogens with zero attached hydrogens (tertiary/aromatic N) is 1. The molecule has 0 spiro atoms. The summed E-state index contributed by atoms with van der Waals surface area (Å²) in [6, 6.07) is 15.6. The van der Waals surface area contributed by atoms with E-state index in [1.807, 2.05) is 48.5 Å². The molecular formula is C25H32N2O4. The van der Waals surface area contributed by atoms with Gasteiger partial charge in [0.05, 0.1) is 18.8 Å². The Bertz CT molecular complexity index is 864. The summed E-state index contributed by atoms with van der Waals surface area (Å²) in [6.45, 7) is 4.68. The van der Waals surface area contributed by atoms with Crippen LogP contribution in [0.4, 0.5) is 5.69 Å². The zero-order valence-electron chi connectivity index (χ0n) is 18.1. The molecule has 2 fully saturated rings. The van der Waals surface area contributed by atoms with Gasteiger partial charge in [-0.25, -0.2) is 0 Å². The average molecular weight is 425 g/mol. The van der Waals surface area contributed by atoms with Crippen molar-refractivity contribution < 1.29 is 19.4 Å². The van der Waals surface area contributed by atoms with Crippen LogP contribution >= 0.6 is 0 Å². The summed E-state index contributed by atoms with van der Waals surface area (Å²) < 4.78 is 12.8. The van der Waals surface area contributed by atoms with Gasteiger partial charge in [-0.2, -0.15) is 0 Å². The standard InChI is InChI=1S/C25H32N2O4/c1-18(29)26-22-7-5-6-21(14-22)25-30-23(16-27-12-3-2-4-13-27)15-24(31-25)20-10-8-19(17-28)9-11-20/h5-11,14,23-25,28H,2-4,12-13,15-17H2,1H3,(H,26,29)/t23-,24+,25+/m1/s1. The fourth-order valence-corrected chi connectivity index (χ4v) is 4.43. The number of amides is 1. The fourth-order valence-electron chi connectivity index (χ4n) is 4.43. The summed E-state index contributed by atoms with van der Waals surface area (Å²) in [7, 11) is 0. The Balaban J connectivity index is 1.55. The number of benzene rings is 2. The SMILES string of the molecule is CC(=O)Nc1cccc([C@H]2O[C@@H](CN3CCCCC3)C[C@@H](c3ccc(CO)cc3)O2)c1. The lowest BCUT2D eigenvalue weighted by molar-refractivity contribution is -0.253. The molecule has 6 nitrogen and oxygen atoms in total. The smallest absolute Gasteiger partial charge is 0.221 e. The Kier molecular flexibility index (Phi) is 7.35. The summed E-state index contributed by atoms with van der Waals surface area (Å²) >= 11 is 0. The first-order chi connectivity index (χ1) is 15.1. The van der Waals surface area contributed by atoms with Crippen LogP contribution in [0.25, 0.3) is 0 Å². The zero-order chi connectivity index (χ0) is 21.6. The summed E-state index contributed by atoms with van der Waals surface area (Å²) in [4.78, 5) is 14.0. The highest BCUT2D eigenvalue weighted by molar-refractivity contribution is 5.88. The third-order valence-electron chi connectivity index (χ3n) is 6.00. The predicted molar refractivity (Wildman–Crippen MR) is 119 cm³/mol. The largest absolute Gasteiger partial charge is 0.392 e. The Morgan fingerprint density at radius 2 is 1.84 bits per heavy atom. The van der Waals surface area contributed by atoms with E-state index < -0.39 is 6.29 Å². The second kappa shape index (κ2) is 10.4. The molecule has 31 heavy (non-hydrogen) atoms. The second-order valence-corrected chi connectivity index (χ2v) is 8.52. The van der Waals surface area contributed by atoms with Crippen LogP contribution in [0.2, 0.25) is 0 Å². The molecule has 6 heteroatoms. The summed E-state index contributed by atoms with van der Waals surface area (Å²) in [5, 5.41) is 12.2. The van der Waals surface area contributed by atoms with E-state index in [1.54, 1.807) is 0 Å². The molecular weight excluding hydrogens is 392 g/mol. The number of hydrogen-bond acceptors (Lipinski definition) is 5. The number of ether oxygens (including phenoxy) is 2. The lowest BCUT2D eigenvalue weighted by Crippen LogP contribution is -2.41. The number of rotatable bonds is 6. The van der Waals surface area contributed by atoms with Gasteiger partial charge in [0.15, 0.2) is 6.29 Å². The molecule has 2 heterocycles. The Hall–Kier alpha value is -2.25. The van der Waals surface area contributed by atoms with E-state index in [0.29, 0.717) is 0 Å². The monoisotopic (exact) mass is 424 g/mol. The van der Waals surface area contributed by atoms with Crippen molar-refractivity contribution in [2.45, 2.75) is 57.7 Å². The maximum Gasteiger partial charge on any atom is 0.221 e. The number of piperidine rings is 1. The molecule has 2 N–H and O–H groups in total. The van der Waals surface area contributed by atoms with Crippen LogP contribution in [0.5, 0.6) is 0 Å². The highest BCUT2D eigenvalue weighted by Crippen LogP contribution is 2.38. The van der Waals surface area contributed by atoms with Gasteiger partial charge in [0.1, 0.15) is 0 Å². The van der Waals surface area contributed by atoms with Crippen molar-refractivity contribution >= 4 is 11.6 Å². The lowest BCUT2D eigenvalue weighted by Gasteiger charge is -2.39. The van der Waals surface area contributed by atoms with Crippen molar-refractivity contribution in [3.8, 4) is 0 Å². The molecule has 2 aliphatic heterocycles. The van der Waals surface area contributed by atoms with Crippen LogP contribution in [0, 0.1) is 0 Å². The zero-order valence-corrected chi connectivity index (χ0v) is 18.1. The average Bonchev–Trinajstić information content (AvgIpc) is 2.79. The van der Waals surface area contributed by atoms with Crippen LogP contribution < -0.4 is 5.32 Å². The van der Waals surface area contributed by atoms with Crippen LogP contribution in [0.15, 0.2) is 48.5 Å². The third kappa shape index (κ3) is 5.92. The first-order valence-corrected chi connectivity index (χ1v) is 11.2. The van der Waals surface area contributed by atoms with E-state index in [4.69, 9.17) is 9.47 Å². The first-order valence-electron chi connectivity index (χ1n) is 11.2. The van der Waals surface area contributed by atoms with E-state index in [0.717, 1.165) is 48.4 Å². The molecule has 0 aromatic heterocycles. The van der Waals surface area contributed by atoms with Crippen molar-refractivity contribution in [2.24, 2.45) is 0 Å². The summed E-state index contributed by atoms with van der Waals surface area (Å²) in [6.07, 6.45) is 4.06. The third-order valence-corrected chi connectivity index (χ3v) is 6.00. The highest BCUT2D eigenvalue weighted by atomic mass is 16.7. The molecule has 1 amide bonds. The maximum atomic E-state index is 11.5. The second-order valence-electron chi connectivity index (χ2n) is 8.52. The van der Waals surface area contributed by atoms with Crippen molar-refractivity contribution in [3.05, 3.63) is 65.2 Å². The normalized spacial score (nSPS) is 24.6. The summed E-state index contributed by atoms with van der Waals surface area (Å²) in [5.41, 5.74) is 3.61. The molecule has 0 radical (unpaired) electrons. The van der Waals surface area contributed by atoms with E-state index >= 15 is 0 Å². The van der Waals surface area contributed by atoms with Crippen LogP contribution in [-0.2, 0) is 20.9 Å². The van der Waals surface area contributed by atoms with Gasteiger partial charge in [-0.1, -0.05) is 42.8 Å². The van der Waals surface area contributed by atoms with Gasteiger partial charge >= 0.3 is 0 Å². The van der Waals surface area contributed by atoms with Gasteiger partial charge < -0.3 is 24.8 Å². The number of anilines is 1. The number of aliphatic hydroxyl groups is 1. The minimum absolute atomic E-state index is 0.0328. The van der Waals surface area contributed by atoms with Gasteiger partial charge in [-0.15, -0.1) is 0 Å². The molecule has 3 atom stereocenters. The van der Waals surface area contributed by atoms with Gasteiger partial charge in [-0.3, -0.25) is 4.79 Å². The molecule has 0 aliphatic carbocycles. The number of hydrogen-bond donors (Lipinski definition) is 2. The van der Waals surface area contributed by atoms with Gasteiger partial charge in [0.25, 0.3) is 0 Å². The molecule has 2 saturated heterocycles. The number of carbonyl (C=O) groups excluding carboxylic acids is 1. The van der Waals surface area contributed by atoms with Crippen LogP contribution in [0.1, 0.15) is 61.7 Å². The molecule has 2 aromatic rings. The fraction of sp³-hybridized carbons (Fsp3) is 0.480. The van der Waals surface area contributed by atoms with Gasteiger partial charge in [0.2, 0.25) is 5.91 Å². The van der Waals surface area contributed by atoms with E-state index in [1.165, 1.54) is 26.2 Å². The maximum absolute atomic E-state index is 11.5. The first kappa shape index (κ1) is 22.0. The minimum atomic E-state index is -0.500. The van der Waals surface area contributed by atoms with Crippen LogP contribution in [0.3, 0.4) is 0 Å². The van der Waals surface area contributed by atoms with Gasteiger partial charge in [-0.05, 0) is 49.2 Å². The number of likely N-dealkylation sites (tertiary alicyclic amines) is 1. The van der Waals surface area contributed by atoms with E-state index in [9.17, 15) is 9.90 Å². The summed E-state index contributed by atoms with van der Waals surface area (Å²) in [5.74, 6) is -0.104. The highest BCUT2D eigenvalue weighted by Gasteiger charge is 2.33. The van der Waals surface area contributed by atoms with Crippen molar-refractivity contribution in [3.63, 3.8) is 0 Å². The minimum Gasteiger partial charge on any atom is -0.392 e. The Morgan fingerprint density at radius 3 is 2.55 bits per heavy atom. The molecule has 4 rings (SSSR count). The van der Waals surface area contributed by atoms with Crippen molar-refractivity contribution in [1.82, 2.24) is 4.90 Å². The Morgan fingerprint density at radius 1 is 1.06 bits per heavy atom. The number of aliphatic hydroxyl groups excluding tert-OH is 1. The molecule has 2 aliphatic rings. The molecule has 2 aromatic carbocycles. The Labute approximate surface area is 184 Å². The number of carbonyl (C=O) groups is 1. The lowest BCUT2D eigenvalue weighted by atomic mass is 9.99. The molecule has 0 saturated carbocycles. The van der Waals surface area contributed by atoms with E-state index in [-0.39, 0.29) is 24.7 Å². The number of nitrogens with one attached hydrogen (secondary N) is 1. The van der Waals surface area contributed by atoms with Gasteiger partial charge in [0, 0.05) is 31.1 Å². The van der Waals surface area contributed by atoms with Crippen LogP contribution in [-0.4, -0.2) is 41.7 Å². The molecule has 0 unspecified atom stereocenters. The molecule has 0 bridgehead atoms. The predicted octanol–water partition coefficient (Wildman–Crippen LogP) is 4.17. The van der Waals surface area contributed by atoms with E-state index in [2.05, 4.69) is 10.2 Å².